The van der Waals surface area contributed by atoms with Crippen LogP contribution in [0.25, 0.3) is 16.9 Å². The largest absolute Gasteiger partial charge is 0.494 e. The summed E-state index contributed by atoms with van der Waals surface area (Å²) >= 11 is 0. The van der Waals surface area contributed by atoms with Crippen molar-refractivity contribution >= 4 is 16.9 Å². The van der Waals surface area contributed by atoms with E-state index in [0.717, 1.165) is 17.4 Å². The minimum Gasteiger partial charge on any atom is -0.494 e. The van der Waals surface area contributed by atoms with Crippen molar-refractivity contribution < 1.29 is 5.11 Å². The van der Waals surface area contributed by atoms with E-state index in [1.54, 1.807) is 4.57 Å². The number of aromatic hydroxyl groups is 1. The highest BCUT2D eigenvalue weighted by atomic mass is 16.3. The van der Waals surface area contributed by atoms with E-state index in [-0.39, 0.29) is 28.4 Å². The summed E-state index contributed by atoms with van der Waals surface area (Å²) in [6.45, 7) is 2.45. The Kier molecular flexibility index (Phi) is 3.57. The summed E-state index contributed by atoms with van der Waals surface area (Å²) in [6, 6.07) is 0. The number of hydrogen-bond acceptors (Lipinski definition) is 5. The van der Waals surface area contributed by atoms with Gasteiger partial charge >= 0.3 is 5.69 Å². The van der Waals surface area contributed by atoms with Crippen molar-refractivity contribution in [3.63, 3.8) is 0 Å². The summed E-state index contributed by atoms with van der Waals surface area (Å²) in [5.41, 5.74) is -1.05. The third-order valence-electron chi connectivity index (χ3n) is 5.11. The van der Waals surface area contributed by atoms with E-state index < -0.39 is 16.8 Å². The van der Waals surface area contributed by atoms with E-state index in [1.165, 1.54) is 23.1 Å². The zero-order chi connectivity index (χ0) is 18.7. The maximum absolute atomic E-state index is 13.0. The summed E-state index contributed by atoms with van der Waals surface area (Å²) in [5, 5.41) is 10.7. The quantitative estimate of drug-likeness (QED) is 0.712. The molecule has 0 bridgehead atoms. The molecule has 0 aromatic carbocycles. The van der Waals surface area contributed by atoms with Gasteiger partial charge in [0, 0.05) is 20.6 Å². The smallest absolute Gasteiger partial charge is 0.332 e. The lowest BCUT2D eigenvalue weighted by Gasteiger charge is -2.13. The molecule has 0 saturated heterocycles. The van der Waals surface area contributed by atoms with Gasteiger partial charge in [0.15, 0.2) is 11.2 Å². The topological polar surface area (TPSA) is 104 Å². The molecule has 0 aliphatic heterocycles. The first-order chi connectivity index (χ1) is 12.4. The van der Waals surface area contributed by atoms with Crippen molar-refractivity contribution in [3.8, 4) is 5.88 Å². The van der Waals surface area contributed by atoms with Gasteiger partial charge in [-0.2, -0.15) is 4.98 Å². The molecule has 3 aromatic rings. The second-order valence-corrected chi connectivity index (χ2v) is 7.04. The number of rotatable bonds is 4. The van der Waals surface area contributed by atoms with Gasteiger partial charge in [0.1, 0.15) is 0 Å². The zero-order valence-corrected chi connectivity index (χ0v) is 15.0. The Balaban J connectivity index is 2.25. The van der Waals surface area contributed by atoms with Crippen LogP contribution in [-0.4, -0.2) is 28.2 Å². The molecule has 1 fully saturated rings. The summed E-state index contributed by atoms with van der Waals surface area (Å²) in [4.78, 5) is 42.4. The molecular weight excluding hydrogens is 338 g/mol. The normalized spacial score (nSPS) is 14.6. The van der Waals surface area contributed by atoms with Gasteiger partial charge in [0.05, 0.1) is 5.56 Å². The van der Waals surface area contributed by atoms with E-state index in [0.29, 0.717) is 25.3 Å². The molecule has 138 valence electrons. The highest BCUT2D eigenvalue weighted by Gasteiger charge is 2.28. The zero-order valence-electron chi connectivity index (χ0n) is 15.0. The Hall–Kier alpha value is -2.84. The SMILES string of the molecule is CCCc1c(O)n(CC2CC2)c2nc3c(c(=O)n(C)c(=O)n3C)n2c1=O. The molecule has 3 aromatic heterocycles. The monoisotopic (exact) mass is 359 g/mol. The first-order valence-electron chi connectivity index (χ1n) is 8.79. The highest BCUT2D eigenvalue weighted by Crippen LogP contribution is 2.33. The van der Waals surface area contributed by atoms with Crippen LogP contribution in [0.15, 0.2) is 14.4 Å². The first kappa shape index (κ1) is 16.6. The van der Waals surface area contributed by atoms with Gasteiger partial charge in [0.2, 0.25) is 11.7 Å². The Morgan fingerprint density at radius 3 is 2.42 bits per heavy atom. The molecule has 0 amide bonds. The lowest BCUT2D eigenvalue weighted by Crippen LogP contribution is -2.38. The predicted molar refractivity (Wildman–Crippen MR) is 95.8 cm³/mol. The summed E-state index contributed by atoms with van der Waals surface area (Å²) in [6.07, 6.45) is 3.19. The standard InChI is InChI=1S/C17H21N5O4/c1-4-5-10-13(23)21(8-9-6-7-9)16-18-12-11(22(16)14(10)24)15(25)20(3)17(26)19(12)2/h9,23H,4-8H2,1-3H3. The van der Waals surface area contributed by atoms with E-state index in [4.69, 9.17) is 0 Å². The van der Waals surface area contributed by atoms with Gasteiger partial charge in [-0.1, -0.05) is 13.3 Å². The van der Waals surface area contributed by atoms with Crippen molar-refractivity contribution in [2.45, 2.75) is 39.2 Å². The second-order valence-electron chi connectivity index (χ2n) is 7.04. The lowest BCUT2D eigenvalue weighted by molar-refractivity contribution is 0.397. The number of imidazole rings is 1. The number of hydrogen-bond donors (Lipinski definition) is 1. The van der Waals surface area contributed by atoms with E-state index in [9.17, 15) is 19.5 Å². The maximum Gasteiger partial charge on any atom is 0.332 e. The van der Waals surface area contributed by atoms with Crippen molar-refractivity contribution in [1.29, 1.82) is 0 Å². The molecular formula is C17H21N5O4. The van der Waals surface area contributed by atoms with Gasteiger partial charge in [0.25, 0.3) is 11.1 Å². The van der Waals surface area contributed by atoms with E-state index in [1.807, 2.05) is 6.92 Å². The average Bonchev–Trinajstić information content (AvgIpc) is 3.35. The lowest BCUT2D eigenvalue weighted by atomic mass is 10.2. The summed E-state index contributed by atoms with van der Waals surface area (Å²) in [5.74, 6) is 0.536. The van der Waals surface area contributed by atoms with Crippen LogP contribution in [-0.2, 0) is 27.1 Å². The molecule has 0 unspecified atom stereocenters. The van der Waals surface area contributed by atoms with Gasteiger partial charge in [-0.25, -0.2) is 9.20 Å². The molecule has 3 heterocycles. The molecule has 0 atom stereocenters. The minimum absolute atomic E-state index is 0.0662. The number of fused-ring (bicyclic) bond motifs is 3. The molecule has 0 spiro atoms. The number of nitrogens with zero attached hydrogens (tertiary/aromatic N) is 5. The van der Waals surface area contributed by atoms with Crippen LogP contribution in [0.3, 0.4) is 0 Å². The fraction of sp³-hybridized carbons (Fsp3) is 0.529. The van der Waals surface area contributed by atoms with Crippen LogP contribution < -0.4 is 16.8 Å². The van der Waals surface area contributed by atoms with Crippen LogP contribution in [0.2, 0.25) is 0 Å². The minimum atomic E-state index is -0.571. The van der Waals surface area contributed by atoms with Crippen LogP contribution in [0.5, 0.6) is 5.88 Å². The molecule has 1 aliphatic carbocycles. The van der Waals surface area contributed by atoms with E-state index in [2.05, 4.69) is 4.98 Å². The Labute approximate surface area is 147 Å². The molecule has 1 aliphatic rings. The Bertz CT molecular complexity index is 1220. The molecule has 9 nitrogen and oxygen atoms in total. The summed E-state index contributed by atoms with van der Waals surface area (Å²) in [7, 11) is 2.89. The molecule has 1 saturated carbocycles. The predicted octanol–water partition coefficient (Wildman–Crippen LogP) is 0.115. The molecule has 9 heteroatoms. The van der Waals surface area contributed by atoms with Crippen LogP contribution in [0.4, 0.5) is 0 Å². The van der Waals surface area contributed by atoms with Crippen LogP contribution in [0.1, 0.15) is 31.7 Å². The Morgan fingerprint density at radius 1 is 1.12 bits per heavy atom. The maximum atomic E-state index is 13.0. The third-order valence-corrected chi connectivity index (χ3v) is 5.11. The van der Waals surface area contributed by atoms with Crippen molar-refractivity contribution in [3.05, 3.63) is 36.8 Å². The summed E-state index contributed by atoms with van der Waals surface area (Å²) < 4.78 is 5.08. The van der Waals surface area contributed by atoms with Crippen LogP contribution >= 0.6 is 0 Å². The van der Waals surface area contributed by atoms with Crippen LogP contribution in [0, 0.1) is 5.92 Å². The highest BCUT2D eigenvalue weighted by molar-refractivity contribution is 5.75. The van der Waals surface area contributed by atoms with Crippen molar-refractivity contribution in [2.75, 3.05) is 0 Å². The molecule has 4 rings (SSSR count). The van der Waals surface area contributed by atoms with Gasteiger partial charge < -0.3 is 5.11 Å². The van der Waals surface area contributed by atoms with Crippen molar-refractivity contribution in [1.82, 2.24) is 23.1 Å². The molecule has 1 N–H and O–H groups in total. The van der Waals surface area contributed by atoms with E-state index >= 15 is 0 Å². The Morgan fingerprint density at radius 2 is 1.81 bits per heavy atom. The van der Waals surface area contributed by atoms with Gasteiger partial charge in [-0.05, 0) is 25.2 Å². The fourth-order valence-corrected chi connectivity index (χ4v) is 3.44. The van der Waals surface area contributed by atoms with Gasteiger partial charge in [-0.3, -0.25) is 23.3 Å². The number of aryl methyl sites for hydroxylation is 1. The van der Waals surface area contributed by atoms with Gasteiger partial charge in [-0.15, -0.1) is 0 Å². The first-order valence-corrected chi connectivity index (χ1v) is 8.79. The molecule has 0 radical (unpaired) electrons. The molecule has 26 heavy (non-hydrogen) atoms. The average molecular weight is 359 g/mol. The second kappa shape index (κ2) is 5.58. The number of aromatic nitrogens is 5. The van der Waals surface area contributed by atoms with Crippen molar-refractivity contribution in [2.24, 2.45) is 20.0 Å². The third kappa shape index (κ3) is 2.16. The fourth-order valence-electron chi connectivity index (χ4n) is 3.44.